The Bertz CT molecular complexity index is 873. The van der Waals surface area contributed by atoms with E-state index in [1.54, 1.807) is 11.1 Å². The van der Waals surface area contributed by atoms with E-state index in [4.69, 9.17) is 11.6 Å². The molecule has 2 bridgehead atoms. The van der Waals surface area contributed by atoms with E-state index in [1.165, 1.54) is 12.4 Å². The van der Waals surface area contributed by atoms with Crippen LogP contribution in [0.15, 0.2) is 30.7 Å². The van der Waals surface area contributed by atoms with Crippen molar-refractivity contribution in [3.05, 3.63) is 52.6 Å². The lowest BCUT2D eigenvalue weighted by Gasteiger charge is -2.35. The highest BCUT2D eigenvalue weighted by atomic mass is 35.5. The van der Waals surface area contributed by atoms with Gasteiger partial charge >= 0.3 is 12.2 Å². The zero-order valence-corrected chi connectivity index (χ0v) is 14.2. The van der Waals surface area contributed by atoms with E-state index in [9.17, 15) is 18.0 Å². The molecule has 0 radical (unpaired) electrons. The Morgan fingerprint density at radius 1 is 1.31 bits per heavy atom. The van der Waals surface area contributed by atoms with Gasteiger partial charge in [-0.05, 0) is 31.0 Å². The van der Waals surface area contributed by atoms with Gasteiger partial charge in [0.05, 0.1) is 22.3 Å². The van der Waals surface area contributed by atoms with Crippen molar-refractivity contribution in [2.45, 2.75) is 37.5 Å². The molecular formula is C17H14ClF3N4O. The van der Waals surface area contributed by atoms with Crippen molar-refractivity contribution in [2.24, 2.45) is 0 Å². The standard InChI is InChI=1S/C17H14ClF3N4O/c18-13-3-1-9(5-12(13)17(19,20)21)24-16(26)25-10-2-4-15(25)11-7-22-8-23-14(11)6-10/h1,3,5,7-8,10,15H,2,4,6H2,(H,24,26)/t10-,15?/m0/s1. The first-order chi connectivity index (χ1) is 12.3. The molecular weight excluding hydrogens is 369 g/mol. The van der Waals surface area contributed by atoms with Crippen LogP contribution in [0.5, 0.6) is 0 Å². The third kappa shape index (κ3) is 2.88. The molecule has 1 N–H and O–H groups in total. The molecule has 9 heteroatoms. The number of nitrogens with one attached hydrogen (secondary N) is 1. The minimum Gasteiger partial charge on any atom is -0.314 e. The highest BCUT2D eigenvalue weighted by Gasteiger charge is 2.43. The van der Waals surface area contributed by atoms with E-state index >= 15 is 0 Å². The lowest BCUT2D eigenvalue weighted by Crippen LogP contribution is -2.44. The number of fused-ring (bicyclic) bond motifs is 4. The quantitative estimate of drug-likeness (QED) is 0.793. The fraction of sp³-hybridized carbons (Fsp3) is 0.353. The summed E-state index contributed by atoms with van der Waals surface area (Å²) in [6, 6.07) is 2.74. The van der Waals surface area contributed by atoms with Crippen molar-refractivity contribution in [2.75, 3.05) is 5.32 Å². The Labute approximate surface area is 152 Å². The predicted octanol–water partition coefficient (Wildman–Crippen LogP) is 4.44. The van der Waals surface area contributed by atoms with E-state index in [0.29, 0.717) is 6.42 Å². The Hall–Kier alpha value is -2.35. The number of aromatic nitrogens is 2. The minimum absolute atomic E-state index is 0.0169. The maximum absolute atomic E-state index is 13.0. The topological polar surface area (TPSA) is 58.1 Å². The van der Waals surface area contributed by atoms with Crippen molar-refractivity contribution < 1.29 is 18.0 Å². The summed E-state index contributed by atoms with van der Waals surface area (Å²) < 4.78 is 39.0. The highest BCUT2D eigenvalue weighted by molar-refractivity contribution is 6.31. The Kier molecular flexibility index (Phi) is 4.02. The third-order valence-electron chi connectivity index (χ3n) is 4.88. The molecule has 1 unspecified atom stereocenters. The van der Waals surface area contributed by atoms with Crippen molar-refractivity contribution in [3.8, 4) is 0 Å². The maximum Gasteiger partial charge on any atom is 0.417 e. The molecule has 2 amide bonds. The summed E-state index contributed by atoms with van der Waals surface area (Å²) in [4.78, 5) is 22.7. The van der Waals surface area contributed by atoms with Crippen molar-refractivity contribution in [1.29, 1.82) is 0 Å². The molecule has 1 fully saturated rings. The van der Waals surface area contributed by atoms with Crippen molar-refractivity contribution in [1.82, 2.24) is 14.9 Å². The number of hydrogen-bond donors (Lipinski definition) is 1. The minimum atomic E-state index is -4.59. The second-order valence-electron chi connectivity index (χ2n) is 6.41. The van der Waals surface area contributed by atoms with Gasteiger partial charge in [0.15, 0.2) is 0 Å². The summed E-state index contributed by atoms with van der Waals surface area (Å²) in [6.45, 7) is 0. The molecule has 2 aromatic rings. The van der Waals surface area contributed by atoms with Crippen LogP contribution in [-0.2, 0) is 12.6 Å². The van der Waals surface area contributed by atoms with Gasteiger partial charge in [0, 0.05) is 29.9 Å². The zero-order valence-electron chi connectivity index (χ0n) is 13.4. The molecule has 1 aromatic heterocycles. The Morgan fingerprint density at radius 3 is 2.88 bits per heavy atom. The number of hydrogen-bond acceptors (Lipinski definition) is 3. The van der Waals surface area contributed by atoms with Gasteiger partial charge in [0.25, 0.3) is 0 Å². The number of carbonyl (C=O) groups is 1. The Balaban J connectivity index is 1.59. The van der Waals surface area contributed by atoms with E-state index in [1.807, 2.05) is 0 Å². The normalized spacial score (nSPS) is 21.5. The second kappa shape index (κ2) is 6.12. The van der Waals surface area contributed by atoms with Gasteiger partial charge in [-0.15, -0.1) is 0 Å². The molecule has 2 aliphatic rings. The number of rotatable bonds is 1. The lowest BCUT2D eigenvalue weighted by atomic mass is 10.00. The van der Waals surface area contributed by atoms with Gasteiger partial charge < -0.3 is 10.2 Å². The van der Waals surface area contributed by atoms with E-state index in [0.717, 1.165) is 36.2 Å². The van der Waals surface area contributed by atoms with Crippen LogP contribution in [0.2, 0.25) is 5.02 Å². The average molecular weight is 383 g/mol. The number of amides is 2. The highest BCUT2D eigenvalue weighted by Crippen LogP contribution is 2.43. The summed E-state index contributed by atoms with van der Waals surface area (Å²) in [5.41, 5.74) is 0.921. The molecule has 0 saturated carbocycles. The maximum atomic E-state index is 13.0. The van der Waals surface area contributed by atoms with Crippen LogP contribution in [0, 0.1) is 0 Å². The zero-order chi connectivity index (χ0) is 18.5. The summed E-state index contributed by atoms with van der Waals surface area (Å²) in [5, 5.41) is 2.17. The molecule has 136 valence electrons. The van der Waals surface area contributed by atoms with Gasteiger partial charge in [0.2, 0.25) is 0 Å². The first-order valence-corrected chi connectivity index (χ1v) is 8.47. The van der Waals surface area contributed by atoms with Crippen LogP contribution < -0.4 is 5.32 Å². The average Bonchev–Trinajstić information content (AvgIpc) is 2.91. The molecule has 0 aliphatic carbocycles. The molecule has 3 heterocycles. The van der Waals surface area contributed by atoms with Gasteiger partial charge in [0.1, 0.15) is 6.33 Å². The molecule has 26 heavy (non-hydrogen) atoms. The van der Waals surface area contributed by atoms with E-state index < -0.39 is 22.8 Å². The van der Waals surface area contributed by atoms with Crippen LogP contribution in [0.3, 0.4) is 0 Å². The molecule has 5 nitrogen and oxygen atoms in total. The van der Waals surface area contributed by atoms with Crippen molar-refractivity contribution >= 4 is 23.3 Å². The summed E-state index contributed by atoms with van der Waals surface area (Å²) >= 11 is 5.62. The number of urea groups is 1. The lowest BCUT2D eigenvalue weighted by molar-refractivity contribution is -0.137. The predicted molar refractivity (Wildman–Crippen MR) is 88.8 cm³/mol. The fourth-order valence-electron chi connectivity index (χ4n) is 3.74. The van der Waals surface area contributed by atoms with Gasteiger partial charge in [-0.3, -0.25) is 0 Å². The SMILES string of the molecule is O=C(Nc1ccc(Cl)c(C(F)(F)F)c1)N1C2CC[C@H]1Cc1ncncc12. The van der Waals surface area contributed by atoms with Crippen LogP contribution >= 0.6 is 11.6 Å². The number of alkyl halides is 3. The number of nitrogens with zero attached hydrogens (tertiary/aromatic N) is 3. The molecule has 4 rings (SSSR count). The smallest absolute Gasteiger partial charge is 0.314 e. The van der Waals surface area contributed by atoms with Crippen LogP contribution in [0.25, 0.3) is 0 Å². The third-order valence-corrected chi connectivity index (χ3v) is 5.20. The number of anilines is 1. The summed E-state index contributed by atoms with van der Waals surface area (Å²) in [7, 11) is 0. The Morgan fingerprint density at radius 2 is 2.12 bits per heavy atom. The number of carbonyl (C=O) groups excluding carboxylic acids is 1. The molecule has 2 atom stereocenters. The number of halogens is 4. The van der Waals surface area contributed by atoms with Crippen LogP contribution in [0.4, 0.5) is 23.7 Å². The van der Waals surface area contributed by atoms with Crippen LogP contribution in [-0.4, -0.2) is 26.9 Å². The first-order valence-electron chi connectivity index (χ1n) is 8.09. The summed E-state index contributed by atoms with van der Waals surface area (Å²) in [6.07, 6.45) is 0.837. The number of benzene rings is 1. The molecule has 0 spiro atoms. The van der Waals surface area contributed by atoms with Crippen LogP contribution in [0.1, 0.15) is 35.7 Å². The monoisotopic (exact) mass is 382 g/mol. The second-order valence-corrected chi connectivity index (χ2v) is 6.81. The molecule has 1 aromatic carbocycles. The molecule has 2 aliphatic heterocycles. The summed E-state index contributed by atoms with van der Waals surface area (Å²) in [5.74, 6) is 0. The van der Waals surface area contributed by atoms with Crippen molar-refractivity contribution in [3.63, 3.8) is 0 Å². The largest absolute Gasteiger partial charge is 0.417 e. The fourth-order valence-corrected chi connectivity index (χ4v) is 3.97. The van der Waals surface area contributed by atoms with E-state index in [-0.39, 0.29) is 17.8 Å². The first kappa shape index (κ1) is 17.1. The van der Waals surface area contributed by atoms with E-state index in [2.05, 4.69) is 15.3 Å². The molecule has 1 saturated heterocycles. The van der Waals surface area contributed by atoms with Gasteiger partial charge in [-0.1, -0.05) is 11.6 Å². The van der Waals surface area contributed by atoms with Gasteiger partial charge in [-0.25, -0.2) is 14.8 Å². The van der Waals surface area contributed by atoms with Gasteiger partial charge in [-0.2, -0.15) is 13.2 Å².